The predicted molar refractivity (Wildman–Crippen MR) is 83.2 cm³/mol. The number of rotatable bonds is 5. The Bertz CT molecular complexity index is 609. The third-order valence-electron chi connectivity index (χ3n) is 3.93. The second-order valence-electron chi connectivity index (χ2n) is 5.80. The molecule has 8 nitrogen and oxygen atoms in total. The van der Waals surface area contributed by atoms with Gasteiger partial charge in [0.1, 0.15) is 5.76 Å². The molecule has 2 rings (SSSR count). The molecule has 1 aliphatic heterocycles. The number of β-amino-alcohol motifs (C(OH)–C–C–N with tert-alkyl or cyclic N) is 1. The molecule has 0 saturated carbocycles. The van der Waals surface area contributed by atoms with Crippen molar-refractivity contribution in [3.63, 3.8) is 0 Å². The summed E-state index contributed by atoms with van der Waals surface area (Å²) < 4.78 is 37.3. The minimum absolute atomic E-state index is 0.118. The Labute approximate surface area is 148 Å². The van der Waals surface area contributed by atoms with Crippen molar-refractivity contribution >= 4 is 11.9 Å². The number of fused-ring (bicyclic) bond motifs is 1. The topological polar surface area (TPSA) is 107 Å². The molecular formula is C15H22F3N3O5. The van der Waals surface area contributed by atoms with Crippen molar-refractivity contribution in [1.82, 2.24) is 14.8 Å². The number of aromatic nitrogens is 1. The molecule has 1 aromatic rings. The van der Waals surface area contributed by atoms with E-state index in [0.717, 1.165) is 17.9 Å². The number of amides is 1. The molecule has 2 heterocycles. The highest BCUT2D eigenvalue weighted by atomic mass is 19.4. The van der Waals surface area contributed by atoms with Crippen LogP contribution in [0, 0.1) is 0 Å². The number of aliphatic hydroxyl groups excluding tert-OH is 1. The van der Waals surface area contributed by atoms with E-state index in [0.29, 0.717) is 19.6 Å². The smallest absolute Gasteiger partial charge is 0.475 e. The number of carbonyl (C=O) groups excluding carboxylic acids is 1. The van der Waals surface area contributed by atoms with Crippen molar-refractivity contribution in [1.29, 1.82) is 0 Å². The maximum absolute atomic E-state index is 12.2. The van der Waals surface area contributed by atoms with Crippen LogP contribution in [0.5, 0.6) is 0 Å². The van der Waals surface area contributed by atoms with Crippen LogP contribution in [0.4, 0.5) is 13.2 Å². The van der Waals surface area contributed by atoms with Crippen LogP contribution in [0.25, 0.3) is 0 Å². The normalized spacial score (nSPS) is 15.0. The Morgan fingerprint density at radius 3 is 2.38 bits per heavy atom. The Morgan fingerprint density at radius 2 is 1.96 bits per heavy atom. The Kier molecular flexibility index (Phi) is 7.57. The molecule has 1 aromatic heterocycles. The lowest BCUT2D eigenvalue weighted by Gasteiger charge is -2.22. The van der Waals surface area contributed by atoms with Gasteiger partial charge in [-0.3, -0.25) is 9.69 Å². The zero-order valence-corrected chi connectivity index (χ0v) is 14.7. The molecule has 0 aliphatic carbocycles. The van der Waals surface area contributed by atoms with Crippen LogP contribution < -0.4 is 0 Å². The van der Waals surface area contributed by atoms with Crippen LogP contribution in [-0.2, 0) is 17.9 Å². The highest BCUT2D eigenvalue weighted by Crippen LogP contribution is 2.23. The molecule has 26 heavy (non-hydrogen) atoms. The van der Waals surface area contributed by atoms with E-state index in [1.807, 2.05) is 18.7 Å². The molecular weight excluding hydrogens is 359 g/mol. The van der Waals surface area contributed by atoms with Crippen molar-refractivity contribution in [2.24, 2.45) is 0 Å². The van der Waals surface area contributed by atoms with Crippen molar-refractivity contribution in [3.05, 3.63) is 17.3 Å². The number of aliphatic carboxylic acids is 1. The van der Waals surface area contributed by atoms with Gasteiger partial charge in [-0.25, -0.2) is 9.78 Å². The van der Waals surface area contributed by atoms with Gasteiger partial charge in [-0.1, -0.05) is 6.92 Å². The molecule has 1 aliphatic rings. The van der Waals surface area contributed by atoms with E-state index in [1.165, 1.54) is 0 Å². The van der Waals surface area contributed by atoms with E-state index in [1.54, 1.807) is 11.9 Å². The number of nitrogens with zero attached hydrogens (tertiary/aromatic N) is 3. The van der Waals surface area contributed by atoms with Gasteiger partial charge in [-0.05, 0) is 13.3 Å². The first-order valence-corrected chi connectivity index (χ1v) is 7.90. The van der Waals surface area contributed by atoms with Crippen molar-refractivity contribution in [3.8, 4) is 0 Å². The van der Waals surface area contributed by atoms with E-state index in [-0.39, 0.29) is 24.4 Å². The largest absolute Gasteiger partial charge is 0.490 e. The summed E-state index contributed by atoms with van der Waals surface area (Å²) in [5.74, 6) is -2.00. The lowest BCUT2D eigenvalue weighted by molar-refractivity contribution is -0.192. The monoisotopic (exact) mass is 381 g/mol. The van der Waals surface area contributed by atoms with Gasteiger partial charge in [0.2, 0.25) is 0 Å². The molecule has 0 spiro atoms. The van der Waals surface area contributed by atoms with E-state index in [4.69, 9.17) is 19.4 Å². The third kappa shape index (κ3) is 5.70. The average Bonchev–Trinajstić information content (AvgIpc) is 3.11. The zero-order valence-electron chi connectivity index (χ0n) is 14.7. The Hall–Kier alpha value is -2.14. The lowest BCUT2D eigenvalue weighted by Crippen LogP contribution is -2.34. The van der Waals surface area contributed by atoms with Gasteiger partial charge in [0.05, 0.1) is 18.8 Å². The van der Waals surface area contributed by atoms with Crippen molar-refractivity contribution in [2.45, 2.75) is 45.6 Å². The summed E-state index contributed by atoms with van der Waals surface area (Å²) in [7, 11) is 1.77. The van der Waals surface area contributed by atoms with Gasteiger partial charge >= 0.3 is 18.1 Å². The first kappa shape index (κ1) is 21.9. The minimum atomic E-state index is -5.08. The second-order valence-corrected chi connectivity index (χ2v) is 5.80. The molecule has 2 N–H and O–H groups in total. The fourth-order valence-corrected chi connectivity index (χ4v) is 2.12. The molecule has 1 amide bonds. The molecule has 0 saturated heterocycles. The van der Waals surface area contributed by atoms with Gasteiger partial charge in [0, 0.05) is 26.2 Å². The number of aliphatic hydroxyl groups is 1. The first-order chi connectivity index (χ1) is 12.0. The van der Waals surface area contributed by atoms with Gasteiger partial charge in [-0.15, -0.1) is 0 Å². The number of hydrogen-bond donors (Lipinski definition) is 2. The van der Waals surface area contributed by atoms with Crippen molar-refractivity contribution < 1.29 is 37.4 Å². The number of carboxylic acid groups (broad SMARTS) is 1. The number of alkyl halides is 3. The van der Waals surface area contributed by atoms with Crippen LogP contribution in [0.3, 0.4) is 0 Å². The predicted octanol–water partition coefficient (Wildman–Crippen LogP) is 1.49. The second kappa shape index (κ2) is 8.99. The van der Waals surface area contributed by atoms with Gasteiger partial charge in [0.25, 0.3) is 5.89 Å². The van der Waals surface area contributed by atoms with Crippen LogP contribution in [0.15, 0.2) is 4.42 Å². The quantitative estimate of drug-likeness (QED) is 0.796. The van der Waals surface area contributed by atoms with E-state index in [2.05, 4.69) is 4.98 Å². The molecule has 0 radical (unpaired) electrons. The zero-order chi connectivity index (χ0) is 20.1. The summed E-state index contributed by atoms with van der Waals surface area (Å²) in [6.45, 7) is 6.01. The fourth-order valence-electron chi connectivity index (χ4n) is 2.12. The van der Waals surface area contributed by atoms with Gasteiger partial charge in [-0.2, -0.15) is 13.2 Å². The van der Waals surface area contributed by atoms with Crippen LogP contribution in [0.1, 0.15) is 42.4 Å². The number of halogens is 3. The van der Waals surface area contributed by atoms with E-state index in [9.17, 15) is 18.0 Å². The Balaban J connectivity index is 0.000000412. The number of carbonyl (C=O) groups is 2. The molecule has 0 aromatic carbocycles. The SMILES string of the molecule is CCC(C)N(C)C(=O)c1nc2c(o1)CN(CCO)C2.O=C(O)C(F)(F)F. The molecule has 0 fully saturated rings. The fraction of sp³-hybridized carbons (Fsp3) is 0.667. The average molecular weight is 381 g/mol. The van der Waals surface area contributed by atoms with Crippen LogP contribution >= 0.6 is 0 Å². The number of oxazole rings is 1. The summed E-state index contributed by atoms with van der Waals surface area (Å²) in [6.07, 6.45) is -4.19. The lowest BCUT2D eigenvalue weighted by atomic mass is 10.2. The minimum Gasteiger partial charge on any atom is -0.475 e. The van der Waals surface area contributed by atoms with Gasteiger partial charge < -0.3 is 19.5 Å². The molecule has 0 bridgehead atoms. The van der Waals surface area contributed by atoms with Crippen LogP contribution in [0.2, 0.25) is 0 Å². The molecule has 1 atom stereocenters. The highest BCUT2D eigenvalue weighted by Gasteiger charge is 2.38. The first-order valence-electron chi connectivity index (χ1n) is 7.90. The summed E-state index contributed by atoms with van der Waals surface area (Å²) in [4.78, 5) is 29.0. The van der Waals surface area contributed by atoms with Crippen LogP contribution in [-0.4, -0.2) is 69.3 Å². The number of carboxylic acids is 1. The maximum Gasteiger partial charge on any atom is 0.490 e. The molecule has 148 valence electrons. The summed E-state index contributed by atoms with van der Waals surface area (Å²) in [6, 6.07) is 0.167. The number of hydrogen-bond acceptors (Lipinski definition) is 6. The highest BCUT2D eigenvalue weighted by molar-refractivity contribution is 5.89. The summed E-state index contributed by atoms with van der Waals surface area (Å²) in [5.41, 5.74) is 0.814. The molecule has 1 unspecified atom stereocenters. The van der Waals surface area contributed by atoms with Gasteiger partial charge in [0.15, 0.2) is 0 Å². The standard InChI is InChI=1S/C13H21N3O3.C2HF3O2/c1-4-9(2)15(3)13(18)12-14-10-7-16(5-6-17)8-11(10)19-12;3-2(4,5)1(6)7/h9,17H,4-8H2,1-3H3;(H,6,7). The maximum atomic E-state index is 12.2. The third-order valence-corrected chi connectivity index (χ3v) is 3.93. The molecule has 11 heteroatoms. The Morgan fingerprint density at radius 1 is 1.38 bits per heavy atom. The van der Waals surface area contributed by atoms with Crippen molar-refractivity contribution in [2.75, 3.05) is 20.2 Å². The summed E-state index contributed by atoms with van der Waals surface area (Å²) in [5, 5.41) is 16.0. The summed E-state index contributed by atoms with van der Waals surface area (Å²) >= 11 is 0. The van der Waals surface area contributed by atoms with E-state index < -0.39 is 12.1 Å². The van der Waals surface area contributed by atoms with E-state index >= 15 is 0 Å².